The lowest BCUT2D eigenvalue weighted by molar-refractivity contribution is -0.119. The summed E-state index contributed by atoms with van der Waals surface area (Å²) in [6, 6.07) is 5.46. The highest BCUT2D eigenvalue weighted by molar-refractivity contribution is 5.75. The van der Waals surface area contributed by atoms with Gasteiger partial charge in [-0.3, -0.25) is 14.5 Å². The number of fused-ring (bicyclic) bond motifs is 4. The molecule has 18 heavy (non-hydrogen) atoms. The number of carbonyl (C=O) groups is 1. The number of nitrogens with two attached hydrogens (primary N) is 1. The zero-order valence-corrected chi connectivity index (χ0v) is 10.2. The predicted octanol–water partition coefficient (Wildman–Crippen LogP) is -0.247. The third-order valence-corrected chi connectivity index (χ3v) is 3.93. The van der Waals surface area contributed by atoms with Gasteiger partial charge in [0.05, 0.1) is 6.54 Å². The topological polar surface area (TPSA) is 68.3 Å². The molecule has 1 fully saturated rings. The van der Waals surface area contributed by atoms with Crippen molar-refractivity contribution < 1.29 is 4.79 Å². The second-order valence-electron chi connectivity index (χ2n) is 5.36. The van der Waals surface area contributed by atoms with Crippen LogP contribution >= 0.6 is 0 Å². The lowest BCUT2D eigenvalue weighted by Gasteiger charge is -2.42. The second-order valence-corrected chi connectivity index (χ2v) is 5.36. The zero-order chi connectivity index (χ0) is 12.7. The van der Waals surface area contributed by atoms with E-state index in [4.69, 9.17) is 5.73 Å². The number of pyridine rings is 1. The van der Waals surface area contributed by atoms with Gasteiger partial charge in [-0.25, -0.2) is 0 Å². The van der Waals surface area contributed by atoms with E-state index in [0.717, 1.165) is 31.7 Å². The minimum atomic E-state index is -0.277. The molecule has 5 heteroatoms. The van der Waals surface area contributed by atoms with Crippen molar-refractivity contribution in [2.75, 3.05) is 19.6 Å². The van der Waals surface area contributed by atoms with Crippen molar-refractivity contribution in [1.29, 1.82) is 0 Å². The van der Waals surface area contributed by atoms with Gasteiger partial charge in [-0.05, 0) is 18.4 Å². The number of piperidine rings is 1. The number of likely N-dealkylation sites (tertiary alicyclic amines) is 1. The van der Waals surface area contributed by atoms with Crippen molar-refractivity contribution in [1.82, 2.24) is 9.47 Å². The summed E-state index contributed by atoms with van der Waals surface area (Å²) in [6.07, 6.45) is 1.11. The maximum atomic E-state index is 11.8. The molecular formula is C13H17N3O2. The van der Waals surface area contributed by atoms with Gasteiger partial charge in [-0.2, -0.15) is 0 Å². The molecule has 3 rings (SSSR count). The first-order valence-corrected chi connectivity index (χ1v) is 6.34. The quantitative estimate of drug-likeness (QED) is 0.783. The molecule has 3 heterocycles. The molecule has 1 amide bonds. The van der Waals surface area contributed by atoms with Gasteiger partial charge in [-0.15, -0.1) is 0 Å². The first-order chi connectivity index (χ1) is 8.63. The molecule has 0 saturated carbocycles. The lowest BCUT2D eigenvalue weighted by atomic mass is 9.83. The number of rotatable bonds is 2. The molecule has 2 aliphatic heterocycles. The number of amides is 1. The fourth-order valence-corrected chi connectivity index (χ4v) is 3.35. The molecule has 5 nitrogen and oxygen atoms in total. The summed E-state index contributed by atoms with van der Waals surface area (Å²) in [6.45, 7) is 2.77. The minimum absolute atomic E-state index is 0.0885. The van der Waals surface area contributed by atoms with Gasteiger partial charge < -0.3 is 10.3 Å². The van der Waals surface area contributed by atoms with Crippen LogP contribution in [0.25, 0.3) is 0 Å². The first-order valence-electron chi connectivity index (χ1n) is 6.34. The third kappa shape index (κ3) is 1.95. The van der Waals surface area contributed by atoms with Crippen LogP contribution < -0.4 is 11.3 Å². The maximum absolute atomic E-state index is 11.8. The number of aromatic nitrogens is 1. The minimum Gasteiger partial charge on any atom is -0.369 e. The molecule has 0 aliphatic carbocycles. The Kier molecular flexibility index (Phi) is 2.70. The average molecular weight is 247 g/mol. The molecular weight excluding hydrogens is 230 g/mol. The fourth-order valence-electron chi connectivity index (χ4n) is 3.35. The summed E-state index contributed by atoms with van der Waals surface area (Å²) in [5, 5.41) is 0. The number of carbonyl (C=O) groups excluding carboxylic acids is 1. The Hall–Kier alpha value is -1.62. The number of hydrogen-bond acceptors (Lipinski definition) is 3. The van der Waals surface area contributed by atoms with Crippen molar-refractivity contribution in [2.24, 2.45) is 11.7 Å². The van der Waals surface area contributed by atoms with Crippen LogP contribution in [0.1, 0.15) is 18.0 Å². The molecule has 2 N–H and O–H groups in total. The SMILES string of the molecule is NC(=O)CN1C[C@@H]2C[C@@H](C1)c1cccc(=O)n1C2. The van der Waals surface area contributed by atoms with Crippen molar-refractivity contribution >= 4 is 5.91 Å². The third-order valence-electron chi connectivity index (χ3n) is 3.93. The van der Waals surface area contributed by atoms with E-state index in [1.165, 1.54) is 0 Å². The Morgan fingerprint density at radius 1 is 1.33 bits per heavy atom. The van der Waals surface area contributed by atoms with Gasteiger partial charge >= 0.3 is 0 Å². The van der Waals surface area contributed by atoms with Gasteiger partial charge in [0.15, 0.2) is 0 Å². The van der Waals surface area contributed by atoms with Crippen molar-refractivity contribution in [2.45, 2.75) is 18.9 Å². The Bertz CT molecular complexity index is 537. The van der Waals surface area contributed by atoms with Crippen LogP contribution in [0, 0.1) is 5.92 Å². The van der Waals surface area contributed by atoms with Gasteiger partial charge in [0.1, 0.15) is 0 Å². The van der Waals surface area contributed by atoms with E-state index in [-0.39, 0.29) is 11.5 Å². The van der Waals surface area contributed by atoms with Gasteiger partial charge in [-0.1, -0.05) is 6.07 Å². The van der Waals surface area contributed by atoms with Gasteiger partial charge in [0.2, 0.25) is 5.91 Å². The Balaban J connectivity index is 1.90. The first kappa shape index (κ1) is 11.5. The number of primary amides is 1. The predicted molar refractivity (Wildman–Crippen MR) is 67.2 cm³/mol. The van der Waals surface area contributed by atoms with E-state index in [1.807, 2.05) is 16.7 Å². The molecule has 2 atom stereocenters. The largest absolute Gasteiger partial charge is 0.369 e. The van der Waals surface area contributed by atoms with Gasteiger partial charge in [0, 0.05) is 37.3 Å². The number of hydrogen-bond donors (Lipinski definition) is 1. The van der Waals surface area contributed by atoms with Crippen LogP contribution in [0.3, 0.4) is 0 Å². The molecule has 1 saturated heterocycles. The van der Waals surface area contributed by atoms with E-state index in [0.29, 0.717) is 18.4 Å². The van der Waals surface area contributed by atoms with Crippen molar-refractivity contribution in [3.05, 3.63) is 34.2 Å². The molecule has 2 aliphatic rings. The second kappa shape index (κ2) is 4.24. The highest BCUT2D eigenvalue weighted by atomic mass is 16.1. The Morgan fingerprint density at radius 3 is 2.94 bits per heavy atom. The summed E-state index contributed by atoms with van der Waals surface area (Å²) in [7, 11) is 0. The smallest absolute Gasteiger partial charge is 0.250 e. The Morgan fingerprint density at radius 2 is 2.17 bits per heavy atom. The van der Waals surface area contributed by atoms with E-state index in [1.54, 1.807) is 6.07 Å². The molecule has 0 aromatic carbocycles. The highest BCUT2D eigenvalue weighted by Gasteiger charge is 2.34. The highest BCUT2D eigenvalue weighted by Crippen LogP contribution is 2.34. The van der Waals surface area contributed by atoms with Crippen molar-refractivity contribution in [3.8, 4) is 0 Å². The van der Waals surface area contributed by atoms with Crippen LogP contribution in [0.5, 0.6) is 0 Å². The Labute approximate surface area is 105 Å². The average Bonchev–Trinajstić information content (AvgIpc) is 2.29. The molecule has 1 aromatic rings. The summed E-state index contributed by atoms with van der Waals surface area (Å²) in [5.41, 5.74) is 6.45. The maximum Gasteiger partial charge on any atom is 0.250 e. The summed E-state index contributed by atoms with van der Waals surface area (Å²) in [5.74, 6) is 0.530. The molecule has 0 spiro atoms. The van der Waals surface area contributed by atoms with E-state index < -0.39 is 0 Å². The van der Waals surface area contributed by atoms with Crippen molar-refractivity contribution in [3.63, 3.8) is 0 Å². The fraction of sp³-hybridized carbons (Fsp3) is 0.538. The zero-order valence-electron chi connectivity index (χ0n) is 10.2. The summed E-state index contributed by atoms with van der Waals surface area (Å²) >= 11 is 0. The lowest BCUT2D eigenvalue weighted by Crippen LogP contribution is -2.49. The molecule has 96 valence electrons. The van der Waals surface area contributed by atoms with Crippen LogP contribution in [-0.4, -0.2) is 35.0 Å². The standard InChI is InChI=1S/C13H17N3O2/c14-12(17)8-15-5-9-4-10(7-15)11-2-1-3-13(18)16(11)6-9/h1-3,9-10H,4-8H2,(H2,14,17)/t9-,10-/m0/s1. The summed E-state index contributed by atoms with van der Waals surface area (Å²) in [4.78, 5) is 25.0. The number of nitrogens with zero attached hydrogens (tertiary/aromatic N) is 2. The van der Waals surface area contributed by atoms with Crippen LogP contribution in [0.4, 0.5) is 0 Å². The van der Waals surface area contributed by atoms with E-state index in [9.17, 15) is 9.59 Å². The monoisotopic (exact) mass is 247 g/mol. The van der Waals surface area contributed by atoms with Crippen LogP contribution in [0.2, 0.25) is 0 Å². The molecule has 0 radical (unpaired) electrons. The molecule has 2 bridgehead atoms. The normalized spacial score (nSPS) is 26.7. The molecule has 0 unspecified atom stereocenters. The van der Waals surface area contributed by atoms with Crippen LogP contribution in [0.15, 0.2) is 23.0 Å². The van der Waals surface area contributed by atoms with E-state index in [2.05, 4.69) is 4.90 Å². The molecule has 1 aromatic heterocycles. The van der Waals surface area contributed by atoms with Gasteiger partial charge in [0.25, 0.3) is 5.56 Å². The van der Waals surface area contributed by atoms with Crippen LogP contribution in [-0.2, 0) is 11.3 Å². The summed E-state index contributed by atoms with van der Waals surface area (Å²) < 4.78 is 1.89. The van der Waals surface area contributed by atoms with E-state index >= 15 is 0 Å².